The average Bonchev–Trinajstić information content (AvgIpc) is 2.75. The van der Waals surface area contributed by atoms with Crippen molar-refractivity contribution in [3.63, 3.8) is 0 Å². The van der Waals surface area contributed by atoms with Gasteiger partial charge >= 0.3 is 5.97 Å². The fourth-order valence-electron chi connectivity index (χ4n) is 2.42. The first-order valence-electron chi connectivity index (χ1n) is 6.44. The van der Waals surface area contributed by atoms with E-state index in [-0.39, 0.29) is 5.56 Å². The number of benzene rings is 1. The number of carboxylic acids is 1. The second-order valence-electron chi connectivity index (χ2n) is 4.86. The quantitative estimate of drug-likeness (QED) is 0.903. The largest absolute Gasteiger partial charge is 0.493 e. The van der Waals surface area contributed by atoms with Crippen molar-refractivity contribution >= 4 is 21.9 Å². The van der Waals surface area contributed by atoms with Crippen LogP contribution < -0.4 is 4.74 Å². The first-order chi connectivity index (χ1) is 9.08. The summed E-state index contributed by atoms with van der Waals surface area (Å²) in [5.41, 5.74) is 0.253. The lowest BCUT2D eigenvalue weighted by Crippen LogP contribution is -2.26. The molecular formula is C14H18BrNO3. The number of ether oxygens (including phenoxy) is 1. The van der Waals surface area contributed by atoms with Gasteiger partial charge in [-0.25, -0.2) is 4.79 Å². The van der Waals surface area contributed by atoms with E-state index in [1.807, 2.05) is 0 Å². The normalized spacial score (nSPS) is 19.6. The van der Waals surface area contributed by atoms with Gasteiger partial charge in [0.15, 0.2) is 0 Å². The fraction of sp³-hybridized carbons (Fsp3) is 0.500. The van der Waals surface area contributed by atoms with Gasteiger partial charge in [-0.1, -0.05) is 0 Å². The van der Waals surface area contributed by atoms with Crippen molar-refractivity contribution in [3.05, 3.63) is 28.2 Å². The number of rotatable bonds is 5. The highest BCUT2D eigenvalue weighted by molar-refractivity contribution is 9.10. The maximum atomic E-state index is 10.9. The summed E-state index contributed by atoms with van der Waals surface area (Å²) in [6.45, 7) is 1.83. The molecule has 0 saturated carbocycles. The molecular weight excluding hydrogens is 310 g/mol. The van der Waals surface area contributed by atoms with E-state index in [2.05, 4.69) is 27.9 Å². The number of halogens is 1. The Hall–Kier alpha value is -1.07. The van der Waals surface area contributed by atoms with Gasteiger partial charge in [0.1, 0.15) is 5.75 Å². The molecule has 5 heteroatoms. The minimum absolute atomic E-state index is 0.253. The van der Waals surface area contributed by atoms with E-state index in [4.69, 9.17) is 9.84 Å². The molecule has 4 nitrogen and oxygen atoms in total. The lowest BCUT2D eigenvalue weighted by Gasteiger charge is -2.19. The third kappa shape index (κ3) is 3.70. The van der Waals surface area contributed by atoms with Gasteiger partial charge in [-0.2, -0.15) is 0 Å². The molecule has 0 aromatic heterocycles. The van der Waals surface area contributed by atoms with Crippen LogP contribution in [0.15, 0.2) is 22.7 Å². The Labute approximate surface area is 121 Å². The molecule has 1 aliphatic rings. The van der Waals surface area contributed by atoms with Crippen molar-refractivity contribution in [3.8, 4) is 5.75 Å². The van der Waals surface area contributed by atoms with E-state index < -0.39 is 5.97 Å². The molecule has 1 unspecified atom stereocenters. The van der Waals surface area contributed by atoms with Crippen molar-refractivity contribution < 1.29 is 14.6 Å². The molecule has 0 aliphatic carbocycles. The number of carbonyl (C=O) groups is 1. The molecule has 1 aliphatic heterocycles. The van der Waals surface area contributed by atoms with E-state index in [0.717, 1.165) is 6.42 Å². The predicted octanol–water partition coefficient (Wildman–Crippen LogP) is 3.01. The molecule has 1 heterocycles. The molecule has 0 spiro atoms. The summed E-state index contributed by atoms with van der Waals surface area (Å²) in [6.07, 6.45) is 3.51. The van der Waals surface area contributed by atoms with Crippen molar-refractivity contribution in [2.45, 2.75) is 25.3 Å². The van der Waals surface area contributed by atoms with Gasteiger partial charge in [-0.05, 0) is 67.0 Å². The molecule has 1 aromatic rings. The summed E-state index contributed by atoms with van der Waals surface area (Å²) in [6, 6.07) is 5.58. The Morgan fingerprint density at radius 2 is 2.37 bits per heavy atom. The first-order valence-corrected chi connectivity index (χ1v) is 7.23. The molecule has 1 atom stereocenters. The monoisotopic (exact) mass is 327 g/mol. The van der Waals surface area contributed by atoms with E-state index in [9.17, 15) is 4.79 Å². The van der Waals surface area contributed by atoms with Crippen LogP contribution in [0.25, 0.3) is 0 Å². The third-order valence-electron chi connectivity index (χ3n) is 3.56. The number of aromatic carboxylic acids is 1. The summed E-state index contributed by atoms with van der Waals surface area (Å²) in [5, 5.41) is 8.93. The van der Waals surface area contributed by atoms with Crippen LogP contribution in [0.3, 0.4) is 0 Å². The van der Waals surface area contributed by atoms with Gasteiger partial charge in [0.25, 0.3) is 0 Å². The van der Waals surface area contributed by atoms with Crippen LogP contribution in [0.4, 0.5) is 0 Å². The molecule has 1 aromatic carbocycles. The first kappa shape index (κ1) is 14.3. The maximum absolute atomic E-state index is 10.9. The van der Waals surface area contributed by atoms with Crippen LogP contribution in [0.2, 0.25) is 0 Å². The summed E-state index contributed by atoms with van der Waals surface area (Å²) in [4.78, 5) is 13.2. The Morgan fingerprint density at radius 3 is 2.95 bits per heavy atom. The van der Waals surface area contributed by atoms with Gasteiger partial charge in [0.2, 0.25) is 0 Å². The van der Waals surface area contributed by atoms with Crippen LogP contribution in [0.5, 0.6) is 5.75 Å². The molecule has 1 saturated heterocycles. The SMILES string of the molecule is CN1CCCC1CCOc1ccc(C(=O)O)c(Br)c1. The zero-order valence-electron chi connectivity index (χ0n) is 10.9. The maximum Gasteiger partial charge on any atom is 0.336 e. The average molecular weight is 328 g/mol. The van der Waals surface area contributed by atoms with Crippen molar-refractivity contribution in [1.82, 2.24) is 4.90 Å². The van der Waals surface area contributed by atoms with Gasteiger partial charge in [-0.3, -0.25) is 0 Å². The van der Waals surface area contributed by atoms with E-state index in [1.54, 1.807) is 18.2 Å². The molecule has 19 heavy (non-hydrogen) atoms. The van der Waals surface area contributed by atoms with Crippen LogP contribution in [-0.2, 0) is 0 Å². The molecule has 0 amide bonds. The van der Waals surface area contributed by atoms with Gasteiger partial charge in [0, 0.05) is 10.5 Å². The summed E-state index contributed by atoms with van der Waals surface area (Å²) in [5.74, 6) is -0.233. The zero-order valence-corrected chi connectivity index (χ0v) is 12.5. The molecule has 104 valence electrons. The molecule has 1 fully saturated rings. The number of nitrogens with zero attached hydrogens (tertiary/aromatic N) is 1. The fourth-order valence-corrected chi connectivity index (χ4v) is 2.94. The van der Waals surface area contributed by atoms with Gasteiger partial charge < -0.3 is 14.7 Å². The van der Waals surface area contributed by atoms with Crippen LogP contribution >= 0.6 is 15.9 Å². The summed E-state index contributed by atoms with van der Waals surface area (Å²) < 4.78 is 6.23. The highest BCUT2D eigenvalue weighted by Crippen LogP contribution is 2.24. The Balaban J connectivity index is 1.86. The van der Waals surface area contributed by atoms with Gasteiger partial charge in [-0.15, -0.1) is 0 Å². The standard InChI is InChI=1S/C14H18BrNO3/c1-16-7-2-3-10(16)6-8-19-11-4-5-12(14(17)18)13(15)9-11/h4-5,9-10H,2-3,6-8H2,1H3,(H,17,18). The minimum Gasteiger partial charge on any atom is -0.493 e. The molecule has 2 rings (SSSR count). The zero-order chi connectivity index (χ0) is 13.8. The van der Waals surface area contributed by atoms with E-state index in [0.29, 0.717) is 22.9 Å². The van der Waals surface area contributed by atoms with Crippen molar-refractivity contribution in [2.24, 2.45) is 0 Å². The lowest BCUT2D eigenvalue weighted by molar-refractivity contribution is 0.0696. The Kier molecular flexibility index (Phi) is 4.82. The third-order valence-corrected chi connectivity index (χ3v) is 4.22. The molecule has 0 radical (unpaired) electrons. The topological polar surface area (TPSA) is 49.8 Å². The number of carboxylic acid groups (broad SMARTS) is 1. The van der Waals surface area contributed by atoms with Crippen LogP contribution in [0.1, 0.15) is 29.6 Å². The Morgan fingerprint density at radius 1 is 1.58 bits per heavy atom. The highest BCUT2D eigenvalue weighted by atomic mass is 79.9. The van der Waals surface area contributed by atoms with Crippen molar-refractivity contribution in [2.75, 3.05) is 20.2 Å². The van der Waals surface area contributed by atoms with Gasteiger partial charge in [0.05, 0.1) is 12.2 Å². The lowest BCUT2D eigenvalue weighted by atomic mass is 10.1. The number of likely N-dealkylation sites (tertiary alicyclic amines) is 1. The second kappa shape index (κ2) is 6.39. The Bertz CT molecular complexity index is 464. The summed E-state index contributed by atoms with van der Waals surface area (Å²) >= 11 is 3.25. The number of hydrogen-bond donors (Lipinski definition) is 1. The molecule has 0 bridgehead atoms. The minimum atomic E-state index is -0.939. The second-order valence-corrected chi connectivity index (χ2v) is 5.71. The smallest absolute Gasteiger partial charge is 0.336 e. The molecule has 1 N–H and O–H groups in total. The van der Waals surface area contributed by atoms with E-state index in [1.165, 1.54) is 19.4 Å². The summed E-state index contributed by atoms with van der Waals surface area (Å²) in [7, 11) is 2.15. The van der Waals surface area contributed by atoms with Crippen molar-refractivity contribution in [1.29, 1.82) is 0 Å². The van der Waals surface area contributed by atoms with E-state index >= 15 is 0 Å². The predicted molar refractivity (Wildman–Crippen MR) is 76.9 cm³/mol. The highest BCUT2D eigenvalue weighted by Gasteiger charge is 2.20. The van der Waals surface area contributed by atoms with Crippen LogP contribution in [0, 0.1) is 0 Å². The number of hydrogen-bond acceptors (Lipinski definition) is 3. The van der Waals surface area contributed by atoms with Crippen LogP contribution in [-0.4, -0.2) is 42.2 Å².